The van der Waals surface area contributed by atoms with E-state index in [1.807, 2.05) is 27.7 Å². The van der Waals surface area contributed by atoms with E-state index in [2.05, 4.69) is 10.6 Å². The van der Waals surface area contributed by atoms with Crippen LogP contribution in [0.1, 0.15) is 53.4 Å². The lowest BCUT2D eigenvalue weighted by Crippen LogP contribution is -2.43. The summed E-state index contributed by atoms with van der Waals surface area (Å²) in [7, 11) is 0. The molecule has 0 aliphatic heterocycles. The van der Waals surface area contributed by atoms with Crippen molar-refractivity contribution < 1.29 is 14.6 Å². The Morgan fingerprint density at radius 1 is 1.40 bits per heavy atom. The van der Waals surface area contributed by atoms with E-state index in [1.54, 1.807) is 0 Å². The van der Waals surface area contributed by atoms with Gasteiger partial charge in [0.2, 0.25) is 0 Å². The number of amides is 1. The summed E-state index contributed by atoms with van der Waals surface area (Å²) in [5.41, 5.74) is -0.456. The molecule has 1 amide bonds. The van der Waals surface area contributed by atoms with E-state index in [4.69, 9.17) is 4.74 Å². The van der Waals surface area contributed by atoms with Crippen molar-refractivity contribution in [3.05, 3.63) is 0 Å². The average molecular weight is 286 g/mol. The summed E-state index contributed by atoms with van der Waals surface area (Å²) >= 11 is 0. The van der Waals surface area contributed by atoms with E-state index in [-0.39, 0.29) is 12.2 Å². The van der Waals surface area contributed by atoms with Gasteiger partial charge in [-0.05, 0) is 46.0 Å². The fourth-order valence-corrected chi connectivity index (χ4v) is 2.51. The maximum atomic E-state index is 11.6. The van der Waals surface area contributed by atoms with Crippen molar-refractivity contribution in [2.45, 2.75) is 71.1 Å². The number of ether oxygens (including phenoxy) is 1. The molecule has 0 radical (unpaired) electrons. The lowest BCUT2D eigenvalue weighted by Gasteiger charge is -2.24. The zero-order valence-electron chi connectivity index (χ0n) is 13.2. The largest absolute Gasteiger partial charge is 0.444 e. The topological polar surface area (TPSA) is 70.6 Å². The lowest BCUT2D eigenvalue weighted by molar-refractivity contribution is 0.0516. The molecule has 1 saturated carbocycles. The highest BCUT2D eigenvalue weighted by atomic mass is 16.6. The second-order valence-electron chi connectivity index (χ2n) is 6.65. The molecule has 1 aliphatic carbocycles. The summed E-state index contributed by atoms with van der Waals surface area (Å²) in [6.07, 6.45) is 3.51. The van der Waals surface area contributed by atoms with E-state index < -0.39 is 5.60 Å². The number of aliphatic hydroxyl groups excluding tert-OH is 1. The molecule has 1 aliphatic rings. The Hall–Kier alpha value is -0.810. The van der Waals surface area contributed by atoms with Gasteiger partial charge in [0, 0.05) is 19.1 Å². The van der Waals surface area contributed by atoms with Crippen molar-refractivity contribution in [1.82, 2.24) is 10.6 Å². The number of rotatable bonds is 6. The summed E-state index contributed by atoms with van der Waals surface area (Å²) in [4.78, 5) is 11.6. The Bertz CT molecular complexity index is 302. The minimum atomic E-state index is -0.456. The normalized spacial score (nSPS) is 24.4. The van der Waals surface area contributed by atoms with Gasteiger partial charge >= 0.3 is 6.09 Å². The van der Waals surface area contributed by atoms with E-state index >= 15 is 0 Å². The van der Waals surface area contributed by atoms with Crippen molar-refractivity contribution in [1.29, 1.82) is 0 Å². The first-order chi connectivity index (χ1) is 9.31. The van der Waals surface area contributed by atoms with Gasteiger partial charge in [-0.25, -0.2) is 4.79 Å². The van der Waals surface area contributed by atoms with Crippen LogP contribution in [0.4, 0.5) is 4.79 Å². The molecule has 0 aromatic carbocycles. The first-order valence-corrected chi connectivity index (χ1v) is 7.70. The fourth-order valence-electron chi connectivity index (χ4n) is 2.51. The third-order valence-electron chi connectivity index (χ3n) is 3.65. The number of hydrogen-bond acceptors (Lipinski definition) is 4. The van der Waals surface area contributed by atoms with E-state index in [1.165, 1.54) is 6.42 Å². The second kappa shape index (κ2) is 7.84. The monoisotopic (exact) mass is 286 g/mol. The highest BCUT2D eigenvalue weighted by molar-refractivity contribution is 5.67. The van der Waals surface area contributed by atoms with Gasteiger partial charge in [-0.15, -0.1) is 0 Å². The van der Waals surface area contributed by atoms with Gasteiger partial charge in [0.15, 0.2) is 0 Å². The lowest BCUT2D eigenvalue weighted by atomic mass is 10.0. The van der Waals surface area contributed by atoms with Gasteiger partial charge < -0.3 is 20.5 Å². The van der Waals surface area contributed by atoms with Crippen LogP contribution < -0.4 is 10.6 Å². The molecule has 0 bridgehead atoms. The van der Waals surface area contributed by atoms with Gasteiger partial charge in [-0.2, -0.15) is 0 Å². The number of nitrogens with one attached hydrogen (secondary N) is 2. The van der Waals surface area contributed by atoms with Gasteiger partial charge in [-0.3, -0.25) is 0 Å². The number of hydrogen-bond donors (Lipinski definition) is 3. The minimum absolute atomic E-state index is 0.282. The quantitative estimate of drug-likeness (QED) is 0.699. The van der Waals surface area contributed by atoms with Crippen LogP contribution in [0.25, 0.3) is 0 Å². The van der Waals surface area contributed by atoms with E-state index in [9.17, 15) is 9.90 Å². The molecule has 1 fully saturated rings. The molecule has 1 rings (SSSR count). The molecule has 20 heavy (non-hydrogen) atoms. The van der Waals surface area contributed by atoms with Crippen molar-refractivity contribution in [3.8, 4) is 0 Å². The zero-order chi connectivity index (χ0) is 15.2. The first kappa shape index (κ1) is 17.2. The molecule has 5 heteroatoms. The predicted octanol–water partition coefficient (Wildman–Crippen LogP) is 2.04. The standard InChI is InChI=1S/C15H30N2O3/c1-5-12(18)10-16-13-8-6-7-11(13)9-17-14(19)20-15(2,3)4/h11-13,16,18H,5-10H2,1-4H3,(H,17,19). The Morgan fingerprint density at radius 3 is 2.70 bits per heavy atom. The third-order valence-corrected chi connectivity index (χ3v) is 3.65. The molecule has 0 saturated heterocycles. The molecular weight excluding hydrogens is 256 g/mol. The van der Waals surface area contributed by atoms with Crippen molar-refractivity contribution in [2.24, 2.45) is 5.92 Å². The Labute approximate surface area is 122 Å². The molecule has 0 aromatic heterocycles. The predicted molar refractivity (Wildman–Crippen MR) is 79.7 cm³/mol. The van der Waals surface area contributed by atoms with Gasteiger partial charge in [0.25, 0.3) is 0 Å². The number of alkyl carbamates (subject to hydrolysis) is 1. The summed E-state index contributed by atoms with van der Waals surface area (Å²) in [6, 6.07) is 0.381. The molecule has 3 atom stereocenters. The molecule has 0 aromatic rings. The minimum Gasteiger partial charge on any atom is -0.444 e. The zero-order valence-corrected chi connectivity index (χ0v) is 13.2. The Balaban J connectivity index is 2.29. The van der Waals surface area contributed by atoms with E-state index in [0.29, 0.717) is 25.0 Å². The van der Waals surface area contributed by atoms with Crippen LogP contribution in [-0.2, 0) is 4.74 Å². The van der Waals surface area contributed by atoms with Crippen molar-refractivity contribution in [3.63, 3.8) is 0 Å². The fraction of sp³-hybridized carbons (Fsp3) is 0.933. The van der Waals surface area contributed by atoms with Crippen LogP contribution in [0.5, 0.6) is 0 Å². The van der Waals surface area contributed by atoms with Crippen LogP contribution in [0.2, 0.25) is 0 Å². The Morgan fingerprint density at radius 2 is 2.10 bits per heavy atom. The van der Waals surface area contributed by atoms with Crippen LogP contribution in [0.15, 0.2) is 0 Å². The summed E-state index contributed by atoms with van der Waals surface area (Å²) < 4.78 is 5.24. The van der Waals surface area contributed by atoms with Crippen molar-refractivity contribution >= 4 is 6.09 Å². The third kappa shape index (κ3) is 6.57. The number of aliphatic hydroxyl groups is 1. The van der Waals surface area contributed by atoms with Crippen LogP contribution in [-0.4, -0.2) is 42.0 Å². The second-order valence-corrected chi connectivity index (χ2v) is 6.65. The number of carbonyl (C=O) groups is 1. The highest BCUT2D eigenvalue weighted by Gasteiger charge is 2.28. The maximum absolute atomic E-state index is 11.6. The summed E-state index contributed by atoms with van der Waals surface area (Å²) in [5, 5.41) is 15.9. The van der Waals surface area contributed by atoms with E-state index in [0.717, 1.165) is 19.3 Å². The summed E-state index contributed by atoms with van der Waals surface area (Å²) in [6.45, 7) is 8.82. The SMILES string of the molecule is CCC(O)CNC1CCCC1CNC(=O)OC(C)(C)C. The molecular formula is C15H30N2O3. The Kier molecular flexibility index (Phi) is 6.76. The molecule has 0 heterocycles. The molecule has 0 spiro atoms. The summed E-state index contributed by atoms with van der Waals surface area (Å²) in [5.74, 6) is 0.423. The first-order valence-electron chi connectivity index (χ1n) is 7.70. The van der Waals surface area contributed by atoms with Gasteiger partial charge in [0.1, 0.15) is 5.60 Å². The maximum Gasteiger partial charge on any atom is 0.407 e. The van der Waals surface area contributed by atoms with Crippen LogP contribution in [0, 0.1) is 5.92 Å². The molecule has 3 unspecified atom stereocenters. The molecule has 118 valence electrons. The average Bonchev–Trinajstić information content (AvgIpc) is 2.78. The smallest absolute Gasteiger partial charge is 0.407 e. The van der Waals surface area contributed by atoms with Gasteiger partial charge in [-0.1, -0.05) is 13.3 Å². The van der Waals surface area contributed by atoms with Crippen molar-refractivity contribution in [2.75, 3.05) is 13.1 Å². The van der Waals surface area contributed by atoms with Crippen LogP contribution in [0.3, 0.4) is 0 Å². The van der Waals surface area contributed by atoms with Crippen LogP contribution >= 0.6 is 0 Å². The highest BCUT2D eigenvalue weighted by Crippen LogP contribution is 2.25. The molecule has 5 nitrogen and oxygen atoms in total. The van der Waals surface area contributed by atoms with Gasteiger partial charge in [0.05, 0.1) is 6.10 Å². The number of carbonyl (C=O) groups excluding carboxylic acids is 1. The molecule has 3 N–H and O–H groups in total.